The molecule has 2 heterocycles. The molecule has 13 atom stereocenters. The fraction of sp³-hybridized carbons (Fsp3) is 0.974. The van der Waals surface area contributed by atoms with Gasteiger partial charge in [0.05, 0.1) is 37.6 Å². The number of methoxy groups -OCH3 is 1. The largest absolute Gasteiger partial charge is 0.378 e. The number of nitrogens with zero attached hydrogens (tertiary/aromatic N) is 1. The van der Waals surface area contributed by atoms with Crippen molar-refractivity contribution < 1.29 is 23.7 Å². The molecule has 258 valence electrons. The highest BCUT2D eigenvalue weighted by atomic mass is 16.7. The third kappa shape index (κ3) is 4.77. The van der Waals surface area contributed by atoms with Gasteiger partial charge in [-0.05, 0) is 97.3 Å². The Balaban J connectivity index is 1.26. The number of hydrogen-bond donors (Lipinski definition) is 1. The van der Waals surface area contributed by atoms with Crippen molar-refractivity contribution in [3.05, 3.63) is 0 Å². The van der Waals surface area contributed by atoms with Crippen molar-refractivity contribution in [3.63, 3.8) is 0 Å². The van der Waals surface area contributed by atoms with E-state index in [0.717, 1.165) is 19.4 Å². The van der Waals surface area contributed by atoms with Crippen molar-refractivity contribution in [1.29, 1.82) is 0 Å². The Morgan fingerprint density at radius 2 is 1.64 bits per heavy atom. The van der Waals surface area contributed by atoms with Crippen LogP contribution in [0.1, 0.15) is 107 Å². The van der Waals surface area contributed by atoms with Gasteiger partial charge in [-0.1, -0.05) is 62.3 Å². The summed E-state index contributed by atoms with van der Waals surface area (Å²) >= 11 is 0. The van der Waals surface area contributed by atoms with Crippen molar-refractivity contribution in [2.24, 2.45) is 56.7 Å². The normalized spacial score (nSPS) is 50.8. The highest BCUT2D eigenvalue weighted by Crippen LogP contribution is 2.79. The average Bonchev–Trinajstić information content (AvgIpc) is 3.18. The van der Waals surface area contributed by atoms with Crippen LogP contribution in [0.15, 0.2) is 0 Å². The molecule has 7 nitrogen and oxygen atoms in total. The topological polar surface area (TPSA) is 69.3 Å². The van der Waals surface area contributed by atoms with Gasteiger partial charge in [0.2, 0.25) is 5.91 Å². The van der Waals surface area contributed by atoms with Crippen molar-refractivity contribution >= 4 is 5.91 Å². The first-order chi connectivity index (χ1) is 21.1. The molecule has 1 amide bonds. The second-order valence-electron chi connectivity index (χ2n) is 18.1. The minimum Gasteiger partial charge on any atom is -0.378 e. The van der Waals surface area contributed by atoms with Gasteiger partial charge < -0.3 is 29.2 Å². The third-order valence-electron chi connectivity index (χ3n) is 15.8. The van der Waals surface area contributed by atoms with Gasteiger partial charge in [-0.2, -0.15) is 0 Å². The van der Waals surface area contributed by atoms with Gasteiger partial charge in [0.25, 0.3) is 0 Å². The molecule has 45 heavy (non-hydrogen) atoms. The molecule has 0 aromatic rings. The van der Waals surface area contributed by atoms with E-state index in [2.05, 4.69) is 53.8 Å². The lowest BCUT2D eigenvalue weighted by atomic mass is 9.32. The van der Waals surface area contributed by atoms with Gasteiger partial charge in [-0.15, -0.1) is 0 Å². The molecule has 6 fully saturated rings. The van der Waals surface area contributed by atoms with Crippen molar-refractivity contribution in [2.75, 3.05) is 40.4 Å². The molecular weight excluding hydrogens is 564 g/mol. The van der Waals surface area contributed by atoms with Crippen LogP contribution in [0.5, 0.6) is 0 Å². The van der Waals surface area contributed by atoms with E-state index in [-0.39, 0.29) is 69.6 Å². The van der Waals surface area contributed by atoms with Gasteiger partial charge in [-0.3, -0.25) is 4.79 Å². The molecule has 0 bridgehead atoms. The minimum absolute atomic E-state index is 0.00297. The van der Waals surface area contributed by atoms with E-state index in [1.165, 1.54) is 32.1 Å². The van der Waals surface area contributed by atoms with Gasteiger partial charge in [0.1, 0.15) is 0 Å². The van der Waals surface area contributed by atoms with Crippen molar-refractivity contribution in [1.82, 2.24) is 10.2 Å². The molecule has 0 aromatic heterocycles. The SMILES string of the molecule is CNC[C@H]1C[C@@H](C)C2[C@H](O1)[C@H](OC)[C@@]1(C)[C@@H]3CC[C@H]4C(C)(C)[C@@H](O[C@H]5CN(C(=O)C(C)C)CCO5)CC[C@]4(C)[C@]3(C)CC[C@]21C. The Morgan fingerprint density at radius 3 is 2.31 bits per heavy atom. The lowest BCUT2D eigenvalue weighted by Gasteiger charge is -2.72. The van der Waals surface area contributed by atoms with Crippen LogP contribution in [0.4, 0.5) is 0 Å². The zero-order valence-electron chi connectivity index (χ0n) is 30.5. The van der Waals surface area contributed by atoms with Crippen LogP contribution in [0.25, 0.3) is 0 Å². The number of likely N-dealkylation sites (N-methyl/N-ethyl adjacent to an activating group) is 1. The second kappa shape index (κ2) is 11.7. The number of fused-ring (bicyclic) bond motifs is 7. The predicted molar refractivity (Wildman–Crippen MR) is 178 cm³/mol. The van der Waals surface area contributed by atoms with Crippen molar-refractivity contribution in [2.45, 2.75) is 138 Å². The van der Waals surface area contributed by atoms with E-state index < -0.39 is 0 Å². The van der Waals surface area contributed by atoms with Gasteiger partial charge >= 0.3 is 0 Å². The predicted octanol–water partition coefficient (Wildman–Crippen LogP) is 6.54. The highest BCUT2D eigenvalue weighted by Gasteiger charge is 2.77. The monoisotopic (exact) mass is 630 g/mol. The lowest BCUT2D eigenvalue weighted by Crippen LogP contribution is -2.68. The summed E-state index contributed by atoms with van der Waals surface area (Å²) in [6.07, 6.45) is 8.67. The molecule has 1 N–H and O–H groups in total. The van der Waals surface area contributed by atoms with Crippen LogP contribution < -0.4 is 5.32 Å². The maximum Gasteiger partial charge on any atom is 0.225 e. The number of hydrogen-bond acceptors (Lipinski definition) is 6. The Kier molecular flexibility index (Phi) is 8.88. The molecule has 0 radical (unpaired) electrons. The van der Waals surface area contributed by atoms with Crippen LogP contribution in [-0.2, 0) is 23.7 Å². The number of amides is 1. The summed E-state index contributed by atoms with van der Waals surface area (Å²) in [5, 5.41) is 3.39. The molecule has 1 unspecified atom stereocenters. The molecule has 4 aliphatic carbocycles. The Morgan fingerprint density at radius 1 is 0.978 bits per heavy atom. The summed E-state index contributed by atoms with van der Waals surface area (Å²) in [5.41, 5.74) is 0.693. The van der Waals surface area contributed by atoms with Crippen LogP contribution in [0, 0.1) is 56.7 Å². The summed E-state index contributed by atoms with van der Waals surface area (Å²) in [7, 11) is 4.00. The molecule has 4 saturated carbocycles. The number of rotatable bonds is 6. The zero-order chi connectivity index (χ0) is 32.7. The van der Waals surface area contributed by atoms with Gasteiger partial charge in [0, 0.05) is 31.5 Å². The van der Waals surface area contributed by atoms with E-state index in [0.29, 0.717) is 43.4 Å². The van der Waals surface area contributed by atoms with Crippen LogP contribution in [0.3, 0.4) is 0 Å². The minimum atomic E-state index is -0.339. The number of carbonyl (C=O) groups excluding carboxylic acids is 1. The summed E-state index contributed by atoms with van der Waals surface area (Å²) in [5.74, 6) is 2.51. The fourth-order valence-corrected chi connectivity index (χ4v) is 13.4. The quantitative estimate of drug-likeness (QED) is 0.360. The second-order valence-corrected chi connectivity index (χ2v) is 18.1. The summed E-state index contributed by atoms with van der Waals surface area (Å²) in [6.45, 7) is 24.6. The van der Waals surface area contributed by atoms with Crippen LogP contribution in [0.2, 0.25) is 0 Å². The van der Waals surface area contributed by atoms with E-state index in [1.54, 1.807) is 0 Å². The smallest absolute Gasteiger partial charge is 0.225 e. The van der Waals surface area contributed by atoms with Gasteiger partial charge in [-0.25, -0.2) is 0 Å². The molecular formula is C38H66N2O5. The van der Waals surface area contributed by atoms with Gasteiger partial charge in [0.15, 0.2) is 6.29 Å². The molecule has 6 rings (SSSR count). The standard InChI is InChI=1S/C38H66N2O5/c1-23(2)33(41)40-18-19-43-29(22-40)45-28-14-15-35(6)26(34(28,4)5)12-13-27-36(35,7)16-17-37(8)30-24(3)20-25(21-39-10)44-31(30)32(42-11)38(27,37)9/h23-32,39H,12-22H2,1-11H3/t24-,25-,26+,27-,28+,29+,30?,31+,32+,35+,36-,37-,38-/m1/s1. The number of nitrogens with one attached hydrogen (secondary N) is 1. The van der Waals surface area contributed by atoms with E-state index >= 15 is 0 Å². The summed E-state index contributed by atoms with van der Waals surface area (Å²) < 4.78 is 26.6. The van der Waals surface area contributed by atoms with Crippen LogP contribution in [-0.4, -0.2) is 81.9 Å². The Bertz CT molecular complexity index is 1110. The van der Waals surface area contributed by atoms with E-state index in [9.17, 15) is 4.79 Å². The number of carbonyl (C=O) groups is 1. The molecule has 7 heteroatoms. The number of ether oxygens (including phenoxy) is 4. The average molecular weight is 631 g/mol. The van der Waals surface area contributed by atoms with Crippen molar-refractivity contribution in [3.8, 4) is 0 Å². The maximum absolute atomic E-state index is 12.8. The first-order valence-electron chi connectivity index (χ1n) is 18.5. The Labute approximate surface area is 274 Å². The highest BCUT2D eigenvalue weighted by molar-refractivity contribution is 5.78. The number of morpholine rings is 1. The summed E-state index contributed by atoms with van der Waals surface area (Å²) in [6, 6.07) is 0. The zero-order valence-corrected chi connectivity index (χ0v) is 30.5. The first kappa shape index (κ1) is 34.1. The fourth-order valence-electron chi connectivity index (χ4n) is 13.4. The molecule has 2 saturated heterocycles. The summed E-state index contributed by atoms with van der Waals surface area (Å²) in [4.78, 5) is 14.7. The Hall–Kier alpha value is -0.730. The molecule has 6 aliphatic rings. The van der Waals surface area contributed by atoms with E-state index in [1.807, 2.05) is 32.9 Å². The first-order valence-corrected chi connectivity index (χ1v) is 18.5. The molecule has 0 spiro atoms. The lowest BCUT2D eigenvalue weighted by molar-refractivity contribution is -0.283. The third-order valence-corrected chi connectivity index (χ3v) is 15.8. The molecule has 0 aromatic carbocycles. The molecule has 2 aliphatic heterocycles. The van der Waals surface area contributed by atoms with Crippen LogP contribution >= 0.6 is 0 Å². The van der Waals surface area contributed by atoms with E-state index in [4.69, 9.17) is 18.9 Å². The maximum atomic E-state index is 12.8.